The Balaban J connectivity index is 0.00000217. The SMILES string of the molecule is Cc1sc(-c2ccc3ccc[n+](C)c3c2)cc1C1=C(c2cc(-c3ccc4ccc[n+](C)c4c3)sc2C)C(F)(F)C(F)(F)C1(F)F.[Cl-].[Cl-]. The highest BCUT2D eigenvalue weighted by Crippen LogP contribution is 2.66. The molecule has 0 saturated carbocycles. The molecule has 4 aromatic heterocycles. The van der Waals surface area contributed by atoms with Crippen molar-refractivity contribution in [2.45, 2.75) is 31.6 Å². The maximum Gasteiger partial charge on any atom is 0.380 e. The van der Waals surface area contributed by atoms with Crippen molar-refractivity contribution in [3.63, 3.8) is 0 Å². The average Bonchev–Trinajstić information content (AvgIpc) is 3.59. The van der Waals surface area contributed by atoms with Gasteiger partial charge in [0.15, 0.2) is 12.4 Å². The van der Waals surface area contributed by atoms with Crippen LogP contribution in [-0.2, 0) is 14.1 Å². The van der Waals surface area contributed by atoms with Crippen molar-refractivity contribution in [2.24, 2.45) is 14.1 Å². The van der Waals surface area contributed by atoms with Crippen molar-refractivity contribution in [3.05, 3.63) is 106 Å². The van der Waals surface area contributed by atoms with Crippen LogP contribution in [0.5, 0.6) is 0 Å². The molecule has 0 unspecified atom stereocenters. The van der Waals surface area contributed by atoms with E-state index in [2.05, 4.69) is 0 Å². The van der Waals surface area contributed by atoms with Crippen LogP contribution in [0.3, 0.4) is 0 Å². The highest BCUT2D eigenvalue weighted by Gasteiger charge is 2.80. The molecule has 244 valence electrons. The maximum absolute atomic E-state index is 15.8. The summed E-state index contributed by atoms with van der Waals surface area (Å²) in [5.41, 5.74) is -0.148. The number of fused-ring (bicyclic) bond motifs is 2. The van der Waals surface area contributed by atoms with E-state index >= 15 is 26.3 Å². The summed E-state index contributed by atoms with van der Waals surface area (Å²) in [6.45, 7) is 3.00. The molecule has 0 bridgehead atoms. The molecule has 4 heterocycles. The van der Waals surface area contributed by atoms with E-state index in [0.29, 0.717) is 20.9 Å². The first-order valence-corrected chi connectivity index (χ1v) is 15.7. The number of hydrogen-bond acceptors (Lipinski definition) is 2. The molecule has 12 heteroatoms. The minimum Gasteiger partial charge on any atom is -1.00 e. The fourth-order valence-corrected chi connectivity index (χ4v) is 8.22. The predicted molar refractivity (Wildman–Crippen MR) is 168 cm³/mol. The number of rotatable bonds is 4. The maximum atomic E-state index is 15.8. The number of alkyl halides is 6. The normalized spacial score (nSPS) is 16.4. The van der Waals surface area contributed by atoms with Crippen molar-refractivity contribution in [1.82, 2.24) is 0 Å². The number of thiophene rings is 2. The second-order valence-electron chi connectivity index (χ2n) is 11.4. The van der Waals surface area contributed by atoms with Crippen LogP contribution in [0.1, 0.15) is 20.9 Å². The summed E-state index contributed by atoms with van der Waals surface area (Å²) in [5, 5.41) is 1.90. The van der Waals surface area contributed by atoms with Gasteiger partial charge in [0.2, 0.25) is 11.0 Å². The topological polar surface area (TPSA) is 7.76 Å². The lowest BCUT2D eigenvalue weighted by Crippen LogP contribution is -3.00. The first kappa shape index (κ1) is 34.9. The largest absolute Gasteiger partial charge is 1.00 e. The Hall–Kier alpha value is -3.44. The lowest BCUT2D eigenvalue weighted by molar-refractivity contribution is -0.645. The van der Waals surface area contributed by atoms with E-state index in [1.807, 2.05) is 96.3 Å². The molecule has 7 rings (SSSR count). The third-order valence-electron chi connectivity index (χ3n) is 8.60. The van der Waals surface area contributed by atoms with Crippen LogP contribution in [0, 0.1) is 13.8 Å². The van der Waals surface area contributed by atoms with Gasteiger partial charge in [-0.25, -0.2) is 9.13 Å². The van der Waals surface area contributed by atoms with E-state index in [1.54, 1.807) is 0 Å². The zero-order valence-electron chi connectivity index (χ0n) is 25.3. The van der Waals surface area contributed by atoms with E-state index in [0.717, 1.165) is 44.5 Å². The Morgan fingerprint density at radius 1 is 0.553 bits per heavy atom. The lowest BCUT2D eigenvalue weighted by atomic mass is 9.94. The Labute approximate surface area is 287 Å². The van der Waals surface area contributed by atoms with Crippen molar-refractivity contribution < 1.29 is 60.3 Å². The van der Waals surface area contributed by atoms with Crippen LogP contribution < -0.4 is 33.9 Å². The zero-order chi connectivity index (χ0) is 32.1. The molecule has 0 atom stereocenters. The molecule has 0 amide bonds. The molecule has 0 spiro atoms. The third-order valence-corrected chi connectivity index (χ3v) is 10.8. The lowest BCUT2D eigenvalue weighted by Gasteiger charge is -2.25. The molecular weight excluding hydrogens is 697 g/mol. The minimum atomic E-state index is -5.62. The summed E-state index contributed by atoms with van der Waals surface area (Å²) in [6, 6.07) is 21.4. The molecule has 0 radical (unpaired) electrons. The number of pyridine rings is 2. The predicted octanol–water partition coefficient (Wildman–Crippen LogP) is 3.55. The summed E-state index contributed by atoms with van der Waals surface area (Å²) in [5.74, 6) is -15.9. The zero-order valence-corrected chi connectivity index (χ0v) is 28.5. The molecule has 1 aliphatic carbocycles. The smallest absolute Gasteiger partial charge is 0.380 e. The van der Waals surface area contributed by atoms with Crippen molar-refractivity contribution >= 4 is 55.6 Å². The van der Waals surface area contributed by atoms with Crippen molar-refractivity contribution in [1.29, 1.82) is 0 Å². The number of nitrogens with zero attached hydrogens (tertiary/aromatic N) is 2. The van der Waals surface area contributed by atoms with E-state index in [4.69, 9.17) is 0 Å². The molecule has 0 aliphatic heterocycles. The first-order chi connectivity index (χ1) is 21.2. The summed E-state index contributed by atoms with van der Waals surface area (Å²) in [6.07, 6.45) is 3.74. The molecule has 1 aliphatic rings. The van der Waals surface area contributed by atoms with Gasteiger partial charge in [0, 0.05) is 65.7 Å². The highest BCUT2D eigenvalue weighted by molar-refractivity contribution is 7.16. The Bertz CT molecular complexity index is 2070. The van der Waals surface area contributed by atoms with E-state index in [1.165, 1.54) is 26.0 Å². The molecule has 0 saturated heterocycles. The number of aromatic nitrogens is 2. The van der Waals surface area contributed by atoms with Gasteiger partial charge >= 0.3 is 17.8 Å². The quantitative estimate of drug-likeness (QED) is 0.195. The molecule has 47 heavy (non-hydrogen) atoms. The summed E-state index contributed by atoms with van der Waals surface area (Å²) in [7, 11) is 3.74. The fraction of sp³-hybridized carbons (Fsp3) is 0.200. The van der Waals surface area contributed by atoms with Crippen LogP contribution in [-0.4, -0.2) is 17.8 Å². The molecule has 2 nitrogen and oxygen atoms in total. The van der Waals surface area contributed by atoms with Crippen LogP contribution >= 0.6 is 22.7 Å². The minimum absolute atomic E-state index is 0. The standard InChI is InChI=1S/C35H26F6N2S2.2ClH/c1-19-25(17-29(44-19)23-11-9-21-7-5-13-42(3)27(21)15-23)31-32(34(38,39)35(40,41)33(31,36)37)26-18-30(45-20(26)2)24-12-10-22-8-6-14-43(4)28(22)16-24;;/h5-18H,1-4H3;2*1H/q+2;;/p-2. The van der Waals surface area contributed by atoms with Crippen LogP contribution in [0.25, 0.3) is 53.8 Å². The van der Waals surface area contributed by atoms with Gasteiger partial charge < -0.3 is 24.8 Å². The average molecular weight is 724 g/mol. The van der Waals surface area contributed by atoms with E-state index < -0.39 is 28.9 Å². The molecule has 0 fully saturated rings. The number of benzene rings is 2. The Morgan fingerprint density at radius 2 is 0.936 bits per heavy atom. The van der Waals surface area contributed by atoms with Crippen LogP contribution in [0.15, 0.2) is 85.2 Å². The van der Waals surface area contributed by atoms with Crippen molar-refractivity contribution in [2.75, 3.05) is 0 Å². The summed E-state index contributed by atoms with van der Waals surface area (Å²) >= 11 is 2.22. The third kappa shape index (κ3) is 5.15. The highest BCUT2D eigenvalue weighted by atomic mass is 35.5. The van der Waals surface area contributed by atoms with Gasteiger partial charge in [-0.15, -0.1) is 22.7 Å². The second kappa shape index (κ2) is 11.9. The number of hydrogen-bond donors (Lipinski definition) is 0. The van der Waals surface area contributed by atoms with Crippen LogP contribution in [0.2, 0.25) is 0 Å². The monoisotopic (exact) mass is 722 g/mol. The number of allylic oxidation sites excluding steroid dienone is 2. The number of aryl methyl sites for hydroxylation is 4. The van der Waals surface area contributed by atoms with Gasteiger partial charge in [-0.05, 0) is 72.5 Å². The summed E-state index contributed by atoms with van der Waals surface area (Å²) < 4.78 is 97.2. The molecule has 2 aromatic carbocycles. The van der Waals surface area contributed by atoms with E-state index in [9.17, 15) is 0 Å². The van der Waals surface area contributed by atoms with Gasteiger partial charge in [-0.1, -0.05) is 12.1 Å². The molecule has 0 N–H and O–H groups in total. The molecular formula is C35H26Cl2F6N2S2. The Morgan fingerprint density at radius 3 is 1.32 bits per heavy atom. The summed E-state index contributed by atoms with van der Waals surface area (Å²) in [4.78, 5) is 1.53. The van der Waals surface area contributed by atoms with Gasteiger partial charge in [0.05, 0.1) is 0 Å². The van der Waals surface area contributed by atoms with Crippen LogP contribution in [0.4, 0.5) is 26.3 Å². The van der Waals surface area contributed by atoms with E-state index in [-0.39, 0.29) is 45.7 Å². The van der Waals surface area contributed by atoms with Crippen molar-refractivity contribution in [3.8, 4) is 20.9 Å². The first-order valence-electron chi connectivity index (χ1n) is 14.1. The second-order valence-corrected chi connectivity index (χ2v) is 13.9. The number of halogens is 8. The molecule has 6 aromatic rings. The fourth-order valence-electron chi connectivity index (χ4n) is 6.18. The van der Waals surface area contributed by atoms with Gasteiger partial charge in [0.1, 0.15) is 14.1 Å². The van der Waals surface area contributed by atoms with Gasteiger partial charge in [0.25, 0.3) is 0 Å². The Kier molecular flexibility index (Phi) is 8.84. The van der Waals surface area contributed by atoms with Gasteiger partial charge in [-0.2, -0.15) is 26.3 Å². The van der Waals surface area contributed by atoms with Gasteiger partial charge in [-0.3, -0.25) is 0 Å².